The topological polar surface area (TPSA) is 84.2 Å². The number of hydrogen-bond acceptors (Lipinski definition) is 4. The van der Waals surface area contributed by atoms with Crippen molar-refractivity contribution < 1.29 is 14.7 Å². The van der Waals surface area contributed by atoms with E-state index in [2.05, 4.69) is 10.4 Å². The van der Waals surface area contributed by atoms with Gasteiger partial charge in [-0.1, -0.05) is 6.92 Å². The van der Waals surface area contributed by atoms with E-state index in [1.807, 2.05) is 13.8 Å². The zero-order chi connectivity index (χ0) is 15.7. The highest BCUT2D eigenvalue weighted by molar-refractivity contribution is 7.16. The Kier molecular flexibility index (Phi) is 4.13. The molecule has 2 heterocycles. The van der Waals surface area contributed by atoms with Gasteiger partial charge in [0.2, 0.25) is 0 Å². The Hall–Kier alpha value is -2.15. The second-order valence-electron chi connectivity index (χ2n) is 4.76. The van der Waals surface area contributed by atoms with Gasteiger partial charge in [0.1, 0.15) is 5.00 Å². The van der Waals surface area contributed by atoms with E-state index in [1.165, 1.54) is 11.3 Å². The zero-order valence-corrected chi connectivity index (χ0v) is 13.2. The molecule has 2 aromatic heterocycles. The third-order valence-electron chi connectivity index (χ3n) is 3.31. The van der Waals surface area contributed by atoms with E-state index in [0.29, 0.717) is 28.2 Å². The van der Waals surface area contributed by atoms with Gasteiger partial charge in [0, 0.05) is 18.1 Å². The molecule has 1 amide bonds. The molecule has 0 bridgehead atoms. The van der Waals surface area contributed by atoms with Crippen molar-refractivity contribution in [2.75, 3.05) is 5.32 Å². The predicted octanol–water partition coefficient (Wildman–Crippen LogP) is 2.61. The number of anilines is 1. The van der Waals surface area contributed by atoms with Crippen molar-refractivity contribution in [1.29, 1.82) is 0 Å². The minimum Gasteiger partial charge on any atom is -0.478 e. The van der Waals surface area contributed by atoms with Crippen molar-refractivity contribution in [2.45, 2.75) is 27.2 Å². The number of thiophene rings is 1. The van der Waals surface area contributed by atoms with Crippen LogP contribution in [0.25, 0.3) is 0 Å². The molecular weight excluding hydrogens is 290 g/mol. The molecule has 0 aliphatic heterocycles. The third-order valence-corrected chi connectivity index (χ3v) is 4.43. The van der Waals surface area contributed by atoms with E-state index < -0.39 is 5.97 Å². The lowest BCUT2D eigenvalue weighted by Crippen LogP contribution is -2.14. The summed E-state index contributed by atoms with van der Waals surface area (Å²) in [6.45, 7) is 5.50. The van der Waals surface area contributed by atoms with Crippen LogP contribution in [0.4, 0.5) is 5.00 Å². The first-order valence-corrected chi connectivity index (χ1v) is 7.33. The molecule has 0 unspecified atom stereocenters. The van der Waals surface area contributed by atoms with E-state index >= 15 is 0 Å². The van der Waals surface area contributed by atoms with Crippen LogP contribution in [0.3, 0.4) is 0 Å². The fraction of sp³-hybridized carbons (Fsp3) is 0.357. The van der Waals surface area contributed by atoms with Gasteiger partial charge in [-0.15, -0.1) is 11.3 Å². The first-order chi connectivity index (χ1) is 9.85. The molecule has 2 N–H and O–H groups in total. The molecule has 112 valence electrons. The summed E-state index contributed by atoms with van der Waals surface area (Å²) >= 11 is 1.27. The molecule has 2 rings (SSSR count). The normalized spacial score (nSPS) is 10.7. The number of rotatable bonds is 4. The van der Waals surface area contributed by atoms with Crippen LogP contribution in [0.1, 0.15) is 43.8 Å². The molecule has 0 saturated carbocycles. The van der Waals surface area contributed by atoms with E-state index in [1.54, 1.807) is 24.9 Å². The predicted molar refractivity (Wildman–Crippen MR) is 81.3 cm³/mol. The van der Waals surface area contributed by atoms with Gasteiger partial charge < -0.3 is 10.4 Å². The summed E-state index contributed by atoms with van der Waals surface area (Å²) in [5.74, 6) is -1.36. The Morgan fingerprint density at radius 2 is 2.10 bits per heavy atom. The molecule has 21 heavy (non-hydrogen) atoms. The Balaban J connectivity index is 2.36. The third kappa shape index (κ3) is 2.82. The molecule has 0 fully saturated rings. The summed E-state index contributed by atoms with van der Waals surface area (Å²) in [6.07, 6.45) is 2.28. The molecule has 0 saturated heterocycles. The molecule has 0 radical (unpaired) electrons. The lowest BCUT2D eigenvalue weighted by atomic mass is 10.1. The molecule has 6 nitrogen and oxygen atoms in total. The summed E-state index contributed by atoms with van der Waals surface area (Å²) in [7, 11) is 1.75. The van der Waals surface area contributed by atoms with Crippen molar-refractivity contribution >= 4 is 28.2 Å². The molecular formula is C14H17N3O3S. The van der Waals surface area contributed by atoms with Crippen LogP contribution in [0.2, 0.25) is 0 Å². The van der Waals surface area contributed by atoms with Crippen molar-refractivity contribution in [2.24, 2.45) is 7.05 Å². The van der Waals surface area contributed by atoms with Crippen molar-refractivity contribution in [1.82, 2.24) is 9.78 Å². The van der Waals surface area contributed by atoms with Crippen LogP contribution in [-0.4, -0.2) is 26.8 Å². The van der Waals surface area contributed by atoms with E-state index in [9.17, 15) is 14.7 Å². The number of carbonyl (C=O) groups excluding carboxylic acids is 1. The van der Waals surface area contributed by atoms with E-state index in [0.717, 1.165) is 4.88 Å². The molecule has 0 aliphatic carbocycles. The second-order valence-corrected chi connectivity index (χ2v) is 5.99. The highest BCUT2D eigenvalue weighted by Crippen LogP contribution is 2.32. The summed E-state index contributed by atoms with van der Waals surface area (Å²) < 4.78 is 1.58. The SMILES string of the molecule is CCc1nn(C)cc1C(=O)Nc1sc(C)c(C)c1C(=O)O. The second kappa shape index (κ2) is 5.69. The lowest BCUT2D eigenvalue weighted by Gasteiger charge is -2.04. The number of carbonyl (C=O) groups is 2. The molecule has 7 heteroatoms. The van der Waals surface area contributed by atoms with Gasteiger partial charge >= 0.3 is 5.97 Å². The minimum atomic E-state index is -1.03. The molecule has 0 atom stereocenters. The van der Waals surface area contributed by atoms with Gasteiger partial charge in [-0.05, 0) is 25.8 Å². The molecule has 0 aromatic carbocycles. The standard InChI is InChI=1S/C14H17N3O3S/c1-5-10-9(6-17(4)16-10)12(18)15-13-11(14(19)20)7(2)8(3)21-13/h6H,5H2,1-4H3,(H,15,18)(H,19,20). The van der Waals surface area contributed by atoms with Crippen LogP contribution < -0.4 is 5.32 Å². The van der Waals surface area contributed by atoms with Gasteiger partial charge in [0.25, 0.3) is 5.91 Å². The number of nitrogens with zero attached hydrogens (tertiary/aromatic N) is 2. The van der Waals surface area contributed by atoms with Gasteiger partial charge in [0.15, 0.2) is 0 Å². The Bertz CT molecular complexity index is 715. The average molecular weight is 307 g/mol. The number of hydrogen-bond donors (Lipinski definition) is 2. The quantitative estimate of drug-likeness (QED) is 0.909. The number of carboxylic acid groups (broad SMARTS) is 1. The Labute approximate surface area is 126 Å². The number of aromatic nitrogens is 2. The summed E-state index contributed by atoms with van der Waals surface area (Å²) in [5, 5.41) is 16.6. The van der Waals surface area contributed by atoms with Crippen LogP contribution >= 0.6 is 11.3 Å². The maximum atomic E-state index is 12.4. The van der Waals surface area contributed by atoms with Gasteiger partial charge in [0.05, 0.1) is 16.8 Å². The van der Waals surface area contributed by atoms with Crippen molar-refractivity contribution in [3.05, 3.63) is 33.5 Å². The first kappa shape index (κ1) is 15.2. The highest BCUT2D eigenvalue weighted by atomic mass is 32.1. The van der Waals surface area contributed by atoms with Gasteiger partial charge in [-0.25, -0.2) is 4.79 Å². The maximum absolute atomic E-state index is 12.4. The molecule has 2 aromatic rings. The smallest absolute Gasteiger partial charge is 0.338 e. The minimum absolute atomic E-state index is 0.160. The summed E-state index contributed by atoms with van der Waals surface area (Å²) in [4.78, 5) is 24.6. The molecule has 0 aliphatic rings. The fourth-order valence-corrected chi connectivity index (χ4v) is 3.18. The van der Waals surface area contributed by atoms with Crippen LogP contribution in [-0.2, 0) is 13.5 Å². The number of nitrogens with one attached hydrogen (secondary N) is 1. The number of amides is 1. The molecule has 0 spiro atoms. The van der Waals surface area contributed by atoms with E-state index in [4.69, 9.17) is 0 Å². The monoisotopic (exact) mass is 307 g/mol. The first-order valence-electron chi connectivity index (χ1n) is 6.52. The van der Waals surface area contributed by atoms with Crippen molar-refractivity contribution in [3.63, 3.8) is 0 Å². The highest BCUT2D eigenvalue weighted by Gasteiger charge is 2.22. The van der Waals surface area contributed by atoms with Gasteiger partial charge in [-0.2, -0.15) is 5.10 Å². The Morgan fingerprint density at radius 1 is 1.43 bits per heavy atom. The number of carboxylic acids is 1. The van der Waals surface area contributed by atoms with Crippen molar-refractivity contribution in [3.8, 4) is 0 Å². The zero-order valence-electron chi connectivity index (χ0n) is 12.4. The van der Waals surface area contributed by atoms with E-state index in [-0.39, 0.29) is 11.5 Å². The maximum Gasteiger partial charge on any atom is 0.338 e. The summed E-state index contributed by atoms with van der Waals surface area (Å²) in [6, 6.07) is 0. The Morgan fingerprint density at radius 3 is 2.67 bits per heavy atom. The van der Waals surface area contributed by atoms with Crippen LogP contribution in [0.5, 0.6) is 0 Å². The number of aromatic carboxylic acids is 1. The average Bonchev–Trinajstić information content (AvgIpc) is 2.91. The largest absolute Gasteiger partial charge is 0.478 e. The van der Waals surface area contributed by atoms with Crippen LogP contribution in [0.15, 0.2) is 6.20 Å². The summed E-state index contributed by atoms with van der Waals surface area (Å²) in [5.41, 5.74) is 2.01. The van der Waals surface area contributed by atoms with Gasteiger partial charge in [-0.3, -0.25) is 9.48 Å². The van der Waals surface area contributed by atoms with Crippen LogP contribution in [0, 0.1) is 13.8 Å². The fourth-order valence-electron chi connectivity index (χ4n) is 2.13. The number of aryl methyl sites for hydroxylation is 3. The lowest BCUT2D eigenvalue weighted by molar-refractivity contribution is 0.0697.